The van der Waals surface area contributed by atoms with Crippen LogP contribution in [0.5, 0.6) is 0 Å². The fraction of sp³-hybridized carbons (Fsp3) is 0.200. The predicted octanol–water partition coefficient (Wildman–Crippen LogP) is 3.37. The van der Waals surface area contributed by atoms with Gasteiger partial charge >= 0.3 is 0 Å². The molecule has 0 radical (unpaired) electrons. The van der Waals surface area contributed by atoms with E-state index in [0.717, 1.165) is 10.0 Å². The summed E-state index contributed by atoms with van der Waals surface area (Å²) in [6.45, 7) is 2.07. The minimum Gasteiger partial charge on any atom is -0.504 e. The Hall–Kier alpha value is -0.760. The van der Waals surface area contributed by atoms with Crippen LogP contribution in [0.1, 0.15) is 11.1 Å². The average Bonchev–Trinajstić information content (AvgIpc) is 2.07. The molecule has 0 amide bonds. The maximum atomic E-state index is 4.84. The monoisotopic (exact) mass is 226 g/mol. The first-order chi connectivity index (χ1) is 5.74. The number of ether oxygens (including phenoxy) is 1. The van der Waals surface area contributed by atoms with Crippen LogP contribution < -0.4 is 0 Å². The maximum absolute atomic E-state index is 4.84. The van der Waals surface area contributed by atoms with E-state index in [-0.39, 0.29) is 0 Å². The van der Waals surface area contributed by atoms with Crippen molar-refractivity contribution in [2.24, 2.45) is 0 Å². The van der Waals surface area contributed by atoms with Crippen LogP contribution in [-0.2, 0) is 4.74 Å². The van der Waals surface area contributed by atoms with Crippen LogP contribution in [0.2, 0.25) is 0 Å². The molecule has 0 aliphatic rings. The number of aryl methyl sites for hydroxylation is 1. The van der Waals surface area contributed by atoms with E-state index in [1.807, 2.05) is 12.1 Å². The van der Waals surface area contributed by atoms with Crippen LogP contribution in [0.15, 0.2) is 28.9 Å². The van der Waals surface area contributed by atoms with Crippen LogP contribution in [-0.4, -0.2) is 7.11 Å². The highest BCUT2D eigenvalue weighted by Gasteiger charge is 1.94. The van der Waals surface area contributed by atoms with Crippen molar-refractivity contribution in [1.82, 2.24) is 0 Å². The molecule has 1 nitrogen and oxygen atoms in total. The summed E-state index contributed by atoms with van der Waals surface area (Å²) in [7, 11) is 1.64. The van der Waals surface area contributed by atoms with Crippen molar-refractivity contribution in [2.75, 3.05) is 7.11 Å². The van der Waals surface area contributed by atoms with Crippen molar-refractivity contribution in [3.63, 3.8) is 0 Å². The highest BCUT2D eigenvalue weighted by atomic mass is 79.9. The molecule has 64 valence electrons. The van der Waals surface area contributed by atoms with Crippen LogP contribution in [0.4, 0.5) is 0 Å². The van der Waals surface area contributed by atoms with Gasteiger partial charge in [-0.2, -0.15) is 0 Å². The van der Waals surface area contributed by atoms with Crippen LogP contribution in [0.3, 0.4) is 0 Å². The van der Waals surface area contributed by atoms with E-state index in [0.29, 0.717) is 0 Å². The van der Waals surface area contributed by atoms with Gasteiger partial charge in [0.1, 0.15) is 0 Å². The molecule has 0 fully saturated rings. The van der Waals surface area contributed by atoms with Gasteiger partial charge in [0, 0.05) is 4.47 Å². The second kappa shape index (κ2) is 4.31. The zero-order valence-corrected chi connectivity index (χ0v) is 8.76. The Balaban J connectivity index is 2.97. The predicted molar refractivity (Wildman–Crippen MR) is 54.9 cm³/mol. The molecule has 0 saturated carbocycles. The summed E-state index contributed by atoms with van der Waals surface area (Å²) in [5.74, 6) is 0. The highest BCUT2D eigenvalue weighted by molar-refractivity contribution is 9.10. The number of methoxy groups -OCH3 is 1. The summed E-state index contributed by atoms with van der Waals surface area (Å²) in [5, 5.41) is 0. The molecule has 0 aliphatic carbocycles. The minimum absolute atomic E-state index is 1.08. The number of benzene rings is 1. The topological polar surface area (TPSA) is 9.23 Å². The molecule has 1 rings (SSSR count). The summed E-state index contributed by atoms with van der Waals surface area (Å²) in [5.41, 5.74) is 2.38. The summed E-state index contributed by atoms with van der Waals surface area (Å²) in [6.07, 6.45) is 3.59. The molecule has 2 heteroatoms. The van der Waals surface area contributed by atoms with E-state index in [4.69, 9.17) is 4.74 Å². The van der Waals surface area contributed by atoms with E-state index in [2.05, 4.69) is 35.0 Å². The van der Waals surface area contributed by atoms with Gasteiger partial charge in [0.05, 0.1) is 13.4 Å². The average molecular weight is 227 g/mol. The first-order valence-electron chi connectivity index (χ1n) is 3.69. The number of hydrogen-bond donors (Lipinski definition) is 0. The molecule has 0 atom stereocenters. The Bertz CT molecular complexity index is 292. The van der Waals surface area contributed by atoms with Gasteiger partial charge in [0.15, 0.2) is 0 Å². The molecule has 0 N–H and O–H groups in total. The van der Waals surface area contributed by atoms with E-state index < -0.39 is 0 Å². The Labute approximate surface area is 81.2 Å². The minimum atomic E-state index is 1.08. The Kier molecular flexibility index (Phi) is 3.35. The molecule has 0 aromatic heterocycles. The molecule has 12 heavy (non-hydrogen) atoms. The highest BCUT2D eigenvalue weighted by Crippen LogP contribution is 2.19. The van der Waals surface area contributed by atoms with E-state index in [1.54, 1.807) is 13.4 Å². The van der Waals surface area contributed by atoms with Crippen LogP contribution >= 0.6 is 15.9 Å². The lowest BCUT2D eigenvalue weighted by Crippen LogP contribution is -1.78. The third-order valence-electron chi connectivity index (χ3n) is 1.54. The van der Waals surface area contributed by atoms with Gasteiger partial charge < -0.3 is 4.74 Å². The first kappa shape index (κ1) is 9.33. The zero-order valence-electron chi connectivity index (χ0n) is 7.17. The van der Waals surface area contributed by atoms with E-state index in [1.165, 1.54) is 5.56 Å². The Morgan fingerprint density at radius 1 is 1.42 bits per heavy atom. The zero-order chi connectivity index (χ0) is 8.97. The molecule has 0 heterocycles. The lowest BCUT2D eigenvalue weighted by Gasteiger charge is -1.99. The second-order valence-corrected chi connectivity index (χ2v) is 3.42. The fourth-order valence-corrected chi connectivity index (χ4v) is 1.31. The smallest absolute Gasteiger partial charge is 0.0830 e. The SMILES string of the molecule is CO/C=C/c1cc(C)ccc1Br. The quantitative estimate of drug-likeness (QED) is 0.703. The summed E-state index contributed by atoms with van der Waals surface area (Å²) >= 11 is 3.45. The standard InChI is InChI=1S/C10H11BrO/c1-8-3-4-10(11)9(7-8)5-6-12-2/h3-7H,1-2H3/b6-5+. The lowest BCUT2D eigenvalue weighted by molar-refractivity contribution is 0.341. The van der Waals surface area contributed by atoms with E-state index >= 15 is 0 Å². The largest absolute Gasteiger partial charge is 0.504 e. The molecule has 0 spiro atoms. The fourth-order valence-electron chi connectivity index (χ4n) is 0.932. The van der Waals surface area contributed by atoms with Crippen molar-refractivity contribution in [3.8, 4) is 0 Å². The molecule has 0 unspecified atom stereocenters. The number of halogens is 1. The van der Waals surface area contributed by atoms with Crippen LogP contribution in [0, 0.1) is 6.92 Å². The van der Waals surface area contributed by atoms with Crippen LogP contribution in [0.25, 0.3) is 6.08 Å². The van der Waals surface area contributed by atoms with Gasteiger partial charge in [0.25, 0.3) is 0 Å². The molecule has 0 bridgehead atoms. The maximum Gasteiger partial charge on any atom is 0.0830 e. The van der Waals surface area contributed by atoms with Crippen molar-refractivity contribution in [2.45, 2.75) is 6.92 Å². The first-order valence-corrected chi connectivity index (χ1v) is 4.49. The van der Waals surface area contributed by atoms with Gasteiger partial charge in [-0.25, -0.2) is 0 Å². The van der Waals surface area contributed by atoms with Gasteiger partial charge in [-0.1, -0.05) is 33.6 Å². The van der Waals surface area contributed by atoms with Gasteiger partial charge in [-0.05, 0) is 24.6 Å². The summed E-state index contributed by atoms with van der Waals surface area (Å²) in [4.78, 5) is 0. The number of rotatable bonds is 2. The van der Waals surface area contributed by atoms with Crippen molar-refractivity contribution in [1.29, 1.82) is 0 Å². The normalized spacial score (nSPS) is 10.6. The van der Waals surface area contributed by atoms with E-state index in [9.17, 15) is 0 Å². The number of hydrogen-bond acceptors (Lipinski definition) is 1. The lowest BCUT2D eigenvalue weighted by atomic mass is 10.1. The molecule has 1 aromatic carbocycles. The van der Waals surface area contributed by atoms with Crippen molar-refractivity contribution in [3.05, 3.63) is 40.1 Å². The second-order valence-electron chi connectivity index (χ2n) is 2.56. The Morgan fingerprint density at radius 2 is 2.17 bits per heavy atom. The van der Waals surface area contributed by atoms with Gasteiger partial charge in [-0.3, -0.25) is 0 Å². The Morgan fingerprint density at radius 3 is 2.83 bits per heavy atom. The molecular weight excluding hydrogens is 216 g/mol. The molecular formula is C10H11BrO. The summed E-state index contributed by atoms with van der Waals surface area (Å²) < 4.78 is 5.92. The third-order valence-corrected chi connectivity index (χ3v) is 2.26. The van der Waals surface area contributed by atoms with Crippen molar-refractivity contribution >= 4 is 22.0 Å². The molecule has 1 aromatic rings. The molecule has 0 saturated heterocycles. The molecule has 0 aliphatic heterocycles. The van der Waals surface area contributed by atoms with Gasteiger partial charge in [-0.15, -0.1) is 0 Å². The van der Waals surface area contributed by atoms with Crippen molar-refractivity contribution < 1.29 is 4.74 Å². The van der Waals surface area contributed by atoms with Gasteiger partial charge in [0.2, 0.25) is 0 Å². The third kappa shape index (κ3) is 2.38. The summed E-state index contributed by atoms with van der Waals surface area (Å²) in [6, 6.07) is 6.19.